The highest BCUT2D eigenvalue weighted by atomic mass is 32.2. The number of nitrogens with zero attached hydrogens (tertiary/aromatic N) is 3. The molecule has 3 atom stereocenters. The molecule has 2 aromatic rings. The van der Waals surface area contributed by atoms with Crippen LogP contribution in [-0.2, 0) is 26.5 Å². The van der Waals surface area contributed by atoms with Crippen LogP contribution in [0.25, 0.3) is 0 Å². The van der Waals surface area contributed by atoms with Crippen molar-refractivity contribution in [1.82, 2.24) is 15.1 Å². The topological polar surface area (TPSA) is 82.2 Å². The number of alkyl carbamates (subject to hydrolysis) is 1. The molecule has 3 aliphatic heterocycles. The van der Waals surface area contributed by atoms with Crippen LogP contribution in [0.3, 0.4) is 0 Å². The quantitative estimate of drug-likeness (QED) is 0.468. The van der Waals surface area contributed by atoms with E-state index in [4.69, 9.17) is 4.74 Å². The van der Waals surface area contributed by atoms with Crippen molar-refractivity contribution < 1.29 is 17.9 Å². The molecule has 1 saturated carbocycles. The molecule has 2 aromatic carbocycles. The molecule has 0 spiro atoms. The van der Waals surface area contributed by atoms with Gasteiger partial charge in [0.15, 0.2) is 9.84 Å². The third-order valence-electron chi connectivity index (χ3n) is 10.6. The summed E-state index contributed by atoms with van der Waals surface area (Å²) < 4.78 is 30.1. The van der Waals surface area contributed by atoms with Gasteiger partial charge in [0.2, 0.25) is 0 Å². The highest BCUT2D eigenvalue weighted by Crippen LogP contribution is 2.54. The van der Waals surface area contributed by atoms with E-state index in [1.807, 2.05) is 12.1 Å². The SMILES string of the molecule is C=CS(=O)(=O)c1ccc(N2CC(CN3CCC(C4(C5CCC[C@@H]5OC(=O)NC)CN(C)Cc5ccccc54)CC3)C2)cc1. The number of rotatable bonds is 8. The molecule has 0 bridgehead atoms. The van der Waals surface area contributed by atoms with Crippen LogP contribution in [0.4, 0.5) is 10.5 Å². The van der Waals surface area contributed by atoms with Gasteiger partial charge in [0, 0.05) is 68.1 Å². The summed E-state index contributed by atoms with van der Waals surface area (Å²) in [6.07, 6.45) is 5.08. The maximum atomic E-state index is 12.4. The number of piperidine rings is 1. The number of likely N-dealkylation sites (tertiary alicyclic amines) is 1. The van der Waals surface area contributed by atoms with Crippen LogP contribution in [-0.4, -0.2) is 83.8 Å². The zero-order chi connectivity index (χ0) is 30.2. The van der Waals surface area contributed by atoms with Gasteiger partial charge in [0.05, 0.1) is 4.90 Å². The number of amides is 1. The molecule has 2 saturated heterocycles. The molecule has 8 nitrogen and oxygen atoms in total. The minimum absolute atomic E-state index is 0.0244. The van der Waals surface area contributed by atoms with E-state index in [2.05, 4.69) is 57.9 Å². The maximum absolute atomic E-state index is 12.4. The van der Waals surface area contributed by atoms with Gasteiger partial charge in [-0.3, -0.25) is 0 Å². The molecule has 0 aromatic heterocycles. The van der Waals surface area contributed by atoms with Crippen molar-refractivity contribution in [3.8, 4) is 0 Å². The fourth-order valence-electron chi connectivity index (χ4n) is 8.65. The normalized spacial score (nSPS) is 27.3. The van der Waals surface area contributed by atoms with Gasteiger partial charge < -0.3 is 24.8 Å². The molecule has 0 radical (unpaired) electrons. The fourth-order valence-corrected chi connectivity index (χ4v) is 9.36. The minimum Gasteiger partial charge on any atom is -0.446 e. The number of anilines is 1. The predicted molar refractivity (Wildman–Crippen MR) is 170 cm³/mol. The van der Waals surface area contributed by atoms with E-state index in [1.54, 1.807) is 19.2 Å². The molecule has 6 rings (SSSR count). The number of hydrogen-bond acceptors (Lipinski definition) is 7. The lowest BCUT2D eigenvalue weighted by Gasteiger charge is -2.54. The Kier molecular flexibility index (Phi) is 8.59. The van der Waals surface area contributed by atoms with Gasteiger partial charge in [0.25, 0.3) is 0 Å². The summed E-state index contributed by atoms with van der Waals surface area (Å²) in [5.74, 6) is 1.47. The third kappa shape index (κ3) is 5.83. The summed E-state index contributed by atoms with van der Waals surface area (Å²) in [6, 6.07) is 16.2. The van der Waals surface area contributed by atoms with Crippen molar-refractivity contribution in [1.29, 1.82) is 0 Å². The lowest BCUT2D eigenvalue weighted by molar-refractivity contribution is -0.0106. The lowest BCUT2D eigenvalue weighted by atomic mass is 9.56. The van der Waals surface area contributed by atoms with Crippen molar-refractivity contribution in [2.24, 2.45) is 17.8 Å². The summed E-state index contributed by atoms with van der Waals surface area (Å²) >= 11 is 0. The molecule has 4 aliphatic rings. The number of benzene rings is 2. The second-order valence-corrected chi connectivity index (χ2v) is 15.0. The van der Waals surface area contributed by atoms with Crippen LogP contribution in [0, 0.1) is 17.8 Å². The molecule has 232 valence electrons. The maximum Gasteiger partial charge on any atom is 0.407 e. The number of nitrogens with one attached hydrogen (secondary N) is 1. The average molecular weight is 607 g/mol. The van der Waals surface area contributed by atoms with Crippen LogP contribution in [0.5, 0.6) is 0 Å². The number of hydrogen-bond donors (Lipinski definition) is 1. The van der Waals surface area contributed by atoms with Crippen LogP contribution in [0.1, 0.15) is 43.2 Å². The van der Waals surface area contributed by atoms with Crippen molar-refractivity contribution >= 4 is 21.6 Å². The molecule has 1 amide bonds. The van der Waals surface area contributed by atoms with Crippen LogP contribution in [0.15, 0.2) is 65.4 Å². The van der Waals surface area contributed by atoms with Gasteiger partial charge >= 0.3 is 6.09 Å². The number of carbonyl (C=O) groups excluding carboxylic acids is 1. The average Bonchev–Trinajstić information content (AvgIpc) is 3.47. The highest BCUT2D eigenvalue weighted by molar-refractivity contribution is 7.94. The molecule has 3 fully saturated rings. The second-order valence-electron chi connectivity index (χ2n) is 13.2. The summed E-state index contributed by atoms with van der Waals surface area (Å²) in [5, 5.41) is 3.69. The van der Waals surface area contributed by atoms with Crippen LogP contribution >= 0.6 is 0 Å². The number of ether oxygens (including phenoxy) is 1. The van der Waals surface area contributed by atoms with Gasteiger partial charge in [0.1, 0.15) is 6.10 Å². The van der Waals surface area contributed by atoms with Gasteiger partial charge in [-0.2, -0.15) is 0 Å². The third-order valence-corrected chi connectivity index (χ3v) is 12.0. The predicted octanol–water partition coefficient (Wildman–Crippen LogP) is 4.66. The van der Waals surface area contributed by atoms with Crippen molar-refractivity contribution in [2.45, 2.75) is 55.1 Å². The first-order valence-electron chi connectivity index (χ1n) is 15.8. The summed E-state index contributed by atoms with van der Waals surface area (Å²) in [6.45, 7) is 10.7. The van der Waals surface area contributed by atoms with E-state index in [0.717, 1.165) is 89.0 Å². The zero-order valence-electron chi connectivity index (χ0n) is 25.6. The van der Waals surface area contributed by atoms with Crippen molar-refractivity contribution in [3.63, 3.8) is 0 Å². The van der Waals surface area contributed by atoms with E-state index in [0.29, 0.717) is 22.6 Å². The Labute approximate surface area is 257 Å². The number of sulfone groups is 1. The van der Waals surface area contributed by atoms with E-state index >= 15 is 0 Å². The zero-order valence-corrected chi connectivity index (χ0v) is 26.4. The standard InChI is InChI=1S/C34H46N4O4S/c1-4-43(40,41)29-14-12-28(13-15-29)38-21-25(22-38)20-37-18-16-27(17-19-37)34(31-10-7-11-32(31)42-33(39)35-2)24-36(3)23-26-8-5-6-9-30(26)34/h4-6,8-9,12-15,25,27,31-32H,1,7,10-11,16-24H2,2-3H3,(H,35,39)/t31?,32-,34?/m0/s1. The second kappa shape index (κ2) is 12.3. The molecular formula is C34H46N4O4S. The molecule has 2 unspecified atom stereocenters. The largest absolute Gasteiger partial charge is 0.446 e. The number of carbonyl (C=O) groups is 1. The molecule has 43 heavy (non-hydrogen) atoms. The monoisotopic (exact) mass is 606 g/mol. The van der Waals surface area contributed by atoms with Crippen molar-refractivity contribution in [2.75, 3.05) is 58.3 Å². The Bertz CT molecular complexity index is 1420. The Morgan fingerprint density at radius 3 is 2.49 bits per heavy atom. The Morgan fingerprint density at radius 1 is 1.07 bits per heavy atom. The summed E-state index contributed by atoms with van der Waals surface area (Å²) in [5.41, 5.74) is 3.97. The summed E-state index contributed by atoms with van der Waals surface area (Å²) in [7, 11) is 0.496. The van der Waals surface area contributed by atoms with Gasteiger partial charge in [-0.05, 0) is 93.6 Å². The Hall–Kier alpha value is -2.88. The smallest absolute Gasteiger partial charge is 0.407 e. The molecule has 9 heteroatoms. The van der Waals surface area contributed by atoms with Gasteiger partial charge in [-0.25, -0.2) is 13.2 Å². The Balaban J connectivity index is 1.12. The number of fused-ring (bicyclic) bond motifs is 1. The van der Waals surface area contributed by atoms with Gasteiger partial charge in [-0.1, -0.05) is 30.8 Å². The summed E-state index contributed by atoms with van der Waals surface area (Å²) in [4.78, 5) is 20.1. The molecule has 1 aliphatic carbocycles. The van der Waals surface area contributed by atoms with E-state index in [-0.39, 0.29) is 17.6 Å². The van der Waals surface area contributed by atoms with E-state index in [9.17, 15) is 13.2 Å². The highest BCUT2D eigenvalue weighted by Gasteiger charge is 2.55. The molecular weight excluding hydrogens is 560 g/mol. The molecule has 1 N–H and O–H groups in total. The fraction of sp³-hybridized carbons (Fsp3) is 0.559. The van der Waals surface area contributed by atoms with E-state index in [1.165, 1.54) is 11.1 Å². The lowest BCUT2D eigenvalue weighted by Crippen LogP contribution is -2.58. The Morgan fingerprint density at radius 2 is 1.79 bits per heavy atom. The van der Waals surface area contributed by atoms with Crippen LogP contribution < -0.4 is 10.2 Å². The first kappa shape index (κ1) is 30.2. The first-order chi connectivity index (χ1) is 20.7. The molecule has 3 heterocycles. The number of likely N-dealkylation sites (N-methyl/N-ethyl adjacent to an activating group) is 1. The van der Waals surface area contributed by atoms with Crippen LogP contribution in [0.2, 0.25) is 0 Å². The first-order valence-corrected chi connectivity index (χ1v) is 17.4. The van der Waals surface area contributed by atoms with Crippen molar-refractivity contribution in [3.05, 3.63) is 71.6 Å². The van der Waals surface area contributed by atoms with E-state index < -0.39 is 9.84 Å². The van der Waals surface area contributed by atoms with Gasteiger partial charge in [-0.15, -0.1) is 0 Å². The minimum atomic E-state index is -3.40.